The van der Waals surface area contributed by atoms with Crippen LogP contribution < -0.4 is 5.32 Å². The minimum absolute atomic E-state index is 0.0534. The lowest BCUT2D eigenvalue weighted by Gasteiger charge is -2.39. The zero-order chi connectivity index (χ0) is 22.3. The number of aliphatic hydroxyl groups is 1. The van der Waals surface area contributed by atoms with Gasteiger partial charge in [0.1, 0.15) is 11.6 Å². The Balaban J connectivity index is 1.71. The van der Waals surface area contributed by atoms with Crippen LogP contribution in [0.2, 0.25) is 0 Å². The summed E-state index contributed by atoms with van der Waals surface area (Å²) in [6.45, 7) is 6.04. The van der Waals surface area contributed by atoms with E-state index < -0.39 is 5.54 Å². The van der Waals surface area contributed by atoms with Crippen molar-refractivity contribution >= 4 is 5.91 Å². The predicted molar refractivity (Wildman–Crippen MR) is 121 cm³/mol. The van der Waals surface area contributed by atoms with Gasteiger partial charge in [0.05, 0.1) is 18.2 Å². The van der Waals surface area contributed by atoms with Crippen molar-refractivity contribution in [1.29, 1.82) is 5.26 Å². The van der Waals surface area contributed by atoms with E-state index in [9.17, 15) is 15.2 Å². The van der Waals surface area contributed by atoms with Crippen LogP contribution in [0.1, 0.15) is 31.0 Å². The minimum atomic E-state index is -0.598. The minimum Gasteiger partial charge on any atom is -0.394 e. The summed E-state index contributed by atoms with van der Waals surface area (Å²) in [5, 5.41) is 21.8. The Bertz CT molecular complexity index is 887. The highest BCUT2D eigenvalue weighted by atomic mass is 16.3. The van der Waals surface area contributed by atoms with Gasteiger partial charge in [0.25, 0.3) is 5.91 Å². The van der Waals surface area contributed by atoms with Gasteiger partial charge in [-0.25, -0.2) is 0 Å². The normalized spacial score (nSPS) is 15.6. The molecule has 0 radical (unpaired) electrons. The second-order valence-corrected chi connectivity index (χ2v) is 8.41. The fourth-order valence-corrected chi connectivity index (χ4v) is 3.69. The van der Waals surface area contributed by atoms with Gasteiger partial charge in [-0.05, 0) is 25.0 Å². The molecule has 0 unspecified atom stereocenters. The van der Waals surface area contributed by atoms with Crippen LogP contribution in [0.4, 0.5) is 0 Å². The van der Waals surface area contributed by atoms with Crippen LogP contribution in [-0.2, 0) is 4.79 Å². The summed E-state index contributed by atoms with van der Waals surface area (Å²) >= 11 is 0. The number of nitrogens with zero attached hydrogens (tertiary/aromatic N) is 3. The second kappa shape index (κ2) is 10.3. The van der Waals surface area contributed by atoms with Gasteiger partial charge in [-0.3, -0.25) is 9.69 Å². The Morgan fingerprint density at radius 1 is 1.06 bits per heavy atom. The summed E-state index contributed by atoms with van der Waals surface area (Å²) in [6, 6.07) is 22.9. The molecule has 3 rings (SSSR count). The number of hydrogen-bond acceptors (Lipinski definition) is 5. The molecule has 6 heteroatoms. The van der Waals surface area contributed by atoms with Gasteiger partial charge in [-0.15, -0.1) is 0 Å². The maximum absolute atomic E-state index is 12.9. The average Bonchev–Trinajstić information content (AvgIpc) is 2.81. The van der Waals surface area contributed by atoms with Crippen molar-refractivity contribution in [2.75, 3.05) is 32.8 Å². The molecule has 0 spiro atoms. The fourth-order valence-electron chi connectivity index (χ4n) is 3.69. The molecule has 0 aliphatic carbocycles. The molecule has 0 saturated carbocycles. The smallest absolute Gasteiger partial charge is 0.266 e. The molecule has 1 aliphatic heterocycles. The average molecular weight is 419 g/mol. The lowest BCUT2D eigenvalue weighted by molar-refractivity contribution is -0.128. The molecule has 31 heavy (non-hydrogen) atoms. The van der Waals surface area contributed by atoms with Gasteiger partial charge >= 0.3 is 0 Å². The summed E-state index contributed by atoms with van der Waals surface area (Å²) in [5.74, 6) is -0.278. The molecule has 0 atom stereocenters. The van der Waals surface area contributed by atoms with Crippen molar-refractivity contribution in [2.45, 2.75) is 25.4 Å². The van der Waals surface area contributed by atoms with E-state index in [1.807, 2.05) is 18.2 Å². The van der Waals surface area contributed by atoms with E-state index in [-0.39, 0.29) is 24.1 Å². The third-order valence-electron chi connectivity index (χ3n) is 5.55. The van der Waals surface area contributed by atoms with Crippen LogP contribution in [0.5, 0.6) is 0 Å². The molecule has 2 aromatic rings. The summed E-state index contributed by atoms with van der Waals surface area (Å²) < 4.78 is 0. The van der Waals surface area contributed by atoms with Crippen molar-refractivity contribution in [1.82, 2.24) is 15.1 Å². The highest BCUT2D eigenvalue weighted by Gasteiger charge is 2.29. The van der Waals surface area contributed by atoms with Gasteiger partial charge in [-0.1, -0.05) is 60.7 Å². The van der Waals surface area contributed by atoms with Crippen molar-refractivity contribution < 1.29 is 9.90 Å². The molecule has 0 bridgehead atoms. The molecule has 6 nitrogen and oxygen atoms in total. The first-order chi connectivity index (χ1) is 14.9. The van der Waals surface area contributed by atoms with E-state index in [0.717, 1.165) is 0 Å². The van der Waals surface area contributed by atoms with Crippen LogP contribution in [0.25, 0.3) is 0 Å². The Morgan fingerprint density at radius 3 is 2.03 bits per heavy atom. The third kappa shape index (κ3) is 5.72. The predicted octanol–water partition coefficient (Wildman–Crippen LogP) is 2.69. The quantitative estimate of drug-likeness (QED) is 0.534. The van der Waals surface area contributed by atoms with Gasteiger partial charge in [0.2, 0.25) is 0 Å². The molecule has 2 N–H and O–H groups in total. The second-order valence-electron chi connectivity index (χ2n) is 8.41. The Labute approximate surface area is 184 Å². The SMILES string of the molecule is CC(C)(CO)N/C=C(/C#N)C(=O)N1CCN(C(c2ccccc2)c2ccccc2)CC1. The fraction of sp³-hybridized carbons (Fsp3) is 0.360. The first-order valence-electron chi connectivity index (χ1n) is 10.6. The summed E-state index contributed by atoms with van der Waals surface area (Å²) in [4.78, 5) is 17.0. The third-order valence-corrected chi connectivity index (χ3v) is 5.55. The molecule has 162 valence electrons. The lowest BCUT2D eigenvalue weighted by Crippen LogP contribution is -2.50. The van der Waals surface area contributed by atoms with Crippen molar-refractivity contribution in [3.05, 3.63) is 83.6 Å². The van der Waals surface area contributed by atoms with E-state index in [1.165, 1.54) is 17.3 Å². The number of nitrogens with one attached hydrogen (secondary N) is 1. The number of rotatable bonds is 7. The molecule has 2 aromatic carbocycles. The van der Waals surface area contributed by atoms with Crippen LogP contribution >= 0.6 is 0 Å². The number of benzene rings is 2. The van der Waals surface area contributed by atoms with E-state index in [0.29, 0.717) is 26.2 Å². The monoisotopic (exact) mass is 418 g/mol. The maximum atomic E-state index is 12.9. The van der Waals surface area contributed by atoms with Crippen molar-refractivity contribution in [3.8, 4) is 6.07 Å². The molecular weight excluding hydrogens is 388 g/mol. The van der Waals surface area contributed by atoms with E-state index >= 15 is 0 Å². The summed E-state index contributed by atoms with van der Waals surface area (Å²) in [7, 11) is 0. The van der Waals surface area contributed by atoms with Gasteiger partial charge in [-0.2, -0.15) is 5.26 Å². The van der Waals surface area contributed by atoms with Gasteiger partial charge < -0.3 is 15.3 Å². The highest BCUT2D eigenvalue weighted by Crippen LogP contribution is 2.29. The number of piperazine rings is 1. The summed E-state index contributed by atoms with van der Waals surface area (Å²) in [6.07, 6.45) is 1.42. The molecule has 0 aromatic heterocycles. The van der Waals surface area contributed by atoms with Crippen molar-refractivity contribution in [2.24, 2.45) is 0 Å². The van der Waals surface area contributed by atoms with E-state index in [4.69, 9.17) is 0 Å². The number of nitriles is 1. The van der Waals surface area contributed by atoms with Crippen LogP contribution in [0, 0.1) is 11.3 Å². The number of carbonyl (C=O) groups excluding carboxylic acids is 1. The molecule has 1 aliphatic rings. The lowest BCUT2D eigenvalue weighted by atomic mass is 9.96. The highest BCUT2D eigenvalue weighted by molar-refractivity contribution is 5.97. The molecule has 1 saturated heterocycles. The van der Waals surface area contributed by atoms with Gasteiger partial charge in [0.15, 0.2) is 0 Å². The van der Waals surface area contributed by atoms with E-state index in [1.54, 1.807) is 18.7 Å². The molecular formula is C25H30N4O2. The number of aliphatic hydroxyl groups excluding tert-OH is 1. The van der Waals surface area contributed by atoms with Crippen LogP contribution in [0.15, 0.2) is 72.4 Å². The first-order valence-corrected chi connectivity index (χ1v) is 10.6. The summed E-state index contributed by atoms with van der Waals surface area (Å²) in [5.41, 5.74) is 1.90. The maximum Gasteiger partial charge on any atom is 0.266 e. The number of carbonyl (C=O) groups is 1. The standard InChI is InChI=1S/C25H30N4O2/c1-25(2,19-30)27-18-22(17-26)24(31)29-15-13-28(14-16-29)23(20-9-5-3-6-10-20)21-11-7-4-8-12-21/h3-12,18,23,27,30H,13-16,19H2,1-2H3/b22-18-. The van der Waals surface area contributed by atoms with Gasteiger partial charge in [0, 0.05) is 32.4 Å². The molecule has 1 amide bonds. The Hall–Kier alpha value is -3.14. The topological polar surface area (TPSA) is 79.6 Å². The zero-order valence-electron chi connectivity index (χ0n) is 18.2. The molecule has 1 heterocycles. The largest absolute Gasteiger partial charge is 0.394 e. The zero-order valence-corrected chi connectivity index (χ0v) is 18.2. The van der Waals surface area contributed by atoms with E-state index in [2.05, 4.69) is 58.7 Å². The number of amides is 1. The first kappa shape index (κ1) is 22.5. The van der Waals surface area contributed by atoms with Crippen LogP contribution in [-0.4, -0.2) is 59.1 Å². The Morgan fingerprint density at radius 2 is 1.58 bits per heavy atom. The van der Waals surface area contributed by atoms with Crippen LogP contribution in [0.3, 0.4) is 0 Å². The van der Waals surface area contributed by atoms with Crippen molar-refractivity contribution in [3.63, 3.8) is 0 Å². The molecule has 1 fully saturated rings. The number of hydrogen-bond donors (Lipinski definition) is 2. The Kier molecular flexibility index (Phi) is 7.45.